The molecule has 0 spiro atoms. The van der Waals surface area contributed by atoms with Crippen LogP contribution in [0.25, 0.3) is 38.7 Å². The molecule has 0 aliphatic heterocycles. The third-order valence-corrected chi connectivity index (χ3v) is 7.03. The lowest BCUT2D eigenvalue weighted by Gasteiger charge is -2.07. The zero-order valence-electron chi connectivity index (χ0n) is 19.0. The van der Waals surface area contributed by atoms with Gasteiger partial charge in [-0.3, -0.25) is 4.79 Å². The monoisotopic (exact) mass is 510 g/mol. The van der Waals surface area contributed by atoms with Crippen LogP contribution in [0, 0.1) is 11.6 Å². The quantitative estimate of drug-likeness (QED) is 0.238. The first kappa shape index (κ1) is 21.5. The van der Waals surface area contributed by atoms with Crippen molar-refractivity contribution in [3.05, 3.63) is 107 Å². The second kappa shape index (κ2) is 8.14. The number of nitrogens with zero attached hydrogens (tertiary/aromatic N) is 2. The fourth-order valence-electron chi connectivity index (χ4n) is 4.59. The number of nitrogens with one attached hydrogen (secondary N) is 2. The van der Waals surface area contributed by atoms with Gasteiger partial charge in [0.15, 0.2) is 11.6 Å². The summed E-state index contributed by atoms with van der Waals surface area (Å²) in [7, 11) is 0. The highest BCUT2D eigenvalue weighted by molar-refractivity contribution is 7.08. The van der Waals surface area contributed by atoms with Crippen LogP contribution in [0.5, 0.6) is 11.5 Å². The van der Waals surface area contributed by atoms with E-state index in [0.717, 1.165) is 28.1 Å². The molecule has 3 aromatic carbocycles. The molecular formula is C28H16F2N4O2S. The van der Waals surface area contributed by atoms with Gasteiger partial charge in [0.05, 0.1) is 28.5 Å². The Morgan fingerprint density at radius 3 is 2.73 bits per heavy atom. The zero-order chi connectivity index (χ0) is 25.1. The second-order valence-electron chi connectivity index (χ2n) is 8.57. The minimum absolute atomic E-state index is 0.202. The first-order chi connectivity index (χ1) is 18.1. The number of hydrogen-bond acceptors (Lipinski definition) is 4. The third kappa shape index (κ3) is 3.43. The number of ether oxygens (including phenoxy) is 1. The number of carbonyl (C=O) groups is 1. The van der Waals surface area contributed by atoms with E-state index in [9.17, 15) is 13.6 Å². The van der Waals surface area contributed by atoms with Gasteiger partial charge in [0.1, 0.15) is 11.4 Å². The van der Waals surface area contributed by atoms with Crippen LogP contribution in [0.4, 0.5) is 8.78 Å². The number of benzene rings is 3. The van der Waals surface area contributed by atoms with Crippen LogP contribution in [0.1, 0.15) is 16.1 Å². The van der Waals surface area contributed by atoms with E-state index in [0.29, 0.717) is 33.7 Å². The first-order valence-electron chi connectivity index (χ1n) is 11.4. The molecule has 4 heterocycles. The fourth-order valence-corrected chi connectivity index (χ4v) is 5.25. The predicted octanol–water partition coefficient (Wildman–Crippen LogP) is 7.33. The summed E-state index contributed by atoms with van der Waals surface area (Å²) < 4.78 is 34.8. The SMILES string of the molecule is O=C(c1cc2c(-c3ccsc3)cccc2[nH]1)c1cnn2c1[nH]c1cc(Oc3cccc(F)c3F)ccc12. The van der Waals surface area contributed by atoms with Gasteiger partial charge in [-0.25, -0.2) is 8.91 Å². The van der Waals surface area contributed by atoms with Crippen molar-refractivity contribution >= 4 is 44.7 Å². The number of rotatable bonds is 5. The summed E-state index contributed by atoms with van der Waals surface area (Å²) in [6.45, 7) is 0. The standard InChI is InChI=1S/C28H16F2N4O2S/c29-20-4-2-6-25(26(20)30)36-16-7-8-24-22(11-16)33-28-19(13-31-34(24)28)27(35)23-12-18-17(15-9-10-37-14-15)3-1-5-21(18)32-23/h1-14,32-33H. The van der Waals surface area contributed by atoms with Crippen molar-refractivity contribution in [2.45, 2.75) is 0 Å². The summed E-state index contributed by atoms with van der Waals surface area (Å²) in [6.07, 6.45) is 1.53. The Hall–Kier alpha value is -4.76. The van der Waals surface area contributed by atoms with E-state index in [1.165, 1.54) is 18.3 Å². The molecule has 7 rings (SSSR count). The summed E-state index contributed by atoms with van der Waals surface area (Å²) in [4.78, 5) is 20.0. The zero-order valence-corrected chi connectivity index (χ0v) is 19.8. The number of thiophene rings is 1. The molecule has 180 valence electrons. The lowest BCUT2D eigenvalue weighted by atomic mass is 10.0. The van der Waals surface area contributed by atoms with Gasteiger partial charge in [-0.15, -0.1) is 0 Å². The number of aromatic nitrogens is 4. The van der Waals surface area contributed by atoms with E-state index in [1.54, 1.807) is 34.1 Å². The van der Waals surface area contributed by atoms with E-state index >= 15 is 0 Å². The molecule has 0 aliphatic carbocycles. The second-order valence-corrected chi connectivity index (χ2v) is 9.35. The number of H-pyrrole nitrogens is 2. The van der Waals surface area contributed by atoms with Gasteiger partial charge >= 0.3 is 0 Å². The van der Waals surface area contributed by atoms with Crippen molar-refractivity contribution < 1.29 is 18.3 Å². The molecule has 0 saturated carbocycles. The van der Waals surface area contributed by atoms with Crippen molar-refractivity contribution in [1.29, 1.82) is 0 Å². The Morgan fingerprint density at radius 2 is 1.86 bits per heavy atom. The van der Waals surface area contributed by atoms with Crippen LogP contribution >= 0.6 is 11.3 Å². The van der Waals surface area contributed by atoms with E-state index < -0.39 is 11.6 Å². The van der Waals surface area contributed by atoms with E-state index in [2.05, 4.69) is 26.5 Å². The van der Waals surface area contributed by atoms with E-state index in [4.69, 9.17) is 4.74 Å². The molecule has 0 fully saturated rings. The molecule has 6 nitrogen and oxygen atoms in total. The predicted molar refractivity (Wildman–Crippen MR) is 139 cm³/mol. The highest BCUT2D eigenvalue weighted by Crippen LogP contribution is 2.32. The number of imidazole rings is 1. The molecule has 37 heavy (non-hydrogen) atoms. The van der Waals surface area contributed by atoms with Crippen molar-refractivity contribution in [3.8, 4) is 22.6 Å². The Balaban J connectivity index is 1.27. The third-order valence-electron chi connectivity index (χ3n) is 6.35. The first-order valence-corrected chi connectivity index (χ1v) is 12.3. The molecule has 0 amide bonds. The summed E-state index contributed by atoms with van der Waals surface area (Å²) >= 11 is 1.62. The van der Waals surface area contributed by atoms with Gasteiger partial charge < -0.3 is 14.7 Å². The van der Waals surface area contributed by atoms with Crippen LogP contribution in [0.2, 0.25) is 0 Å². The van der Waals surface area contributed by atoms with Crippen molar-refractivity contribution in [2.24, 2.45) is 0 Å². The van der Waals surface area contributed by atoms with Gasteiger partial charge in [-0.1, -0.05) is 18.2 Å². The highest BCUT2D eigenvalue weighted by atomic mass is 32.1. The largest absolute Gasteiger partial charge is 0.454 e. The smallest absolute Gasteiger partial charge is 0.214 e. The minimum atomic E-state index is -1.06. The molecule has 0 unspecified atom stereocenters. The van der Waals surface area contributed by atoms with Gasteiger partial charge in [0.2, 0.25) is 11.6 Å². The maximum Gasteiger partial charge on any atom is 0.214 e. The lowest BCUT2D eigenvalue weighted by molar-refractivity contribution is 0.103. The minimum Gasteiger partial charge on any atom is -0.454 e. The van der Waals surface area contributed by atoms with Gasteiger partial charge in [0.25, 0.3) is 0 Å². The van der Waals surface area contributed by atoms with Gasteiger partial charge in [-0.05, 0) is 64.4 Å². The Labute approximate surface area is 211 Å². The number of hydrogen-bond donors (Lipinski definition) is 2. The number of fused-ring (bicyclic) bond motifs is 4. The number of ketones is 1. The molecule has 0 atom stereocenters. The van der Waals surface area contributed by atoms with E-state index in [-0.39, 0.29) is 11.5 Å². The number of carbonyl (C=O) groups excluding carboxylic acids is 1. The van der Waals surface area contributed by atoms with Crippen LogP contribution < -0.4 is 4.74 Å². The molecule has 4 aromatic heterocycles. The fraction of sp³-hybridized carbons (Fsp3) is 0. The molecule has 9 heteroatoms. The Kier molecular flexibility index (Phi) is 4.73. The van der Waals surface area contributed by atoms with E-state index in [1.807, 2.05) is 29.6 Å². The van der Waals surface area contributed by atoms with Crippen molar-refractivity contribution in [1.82, 2.24) is 19.6 Å². The van der Waals surface area contributed by atoms with Crippen LogP contribution in [-0.4, -0.2) is 25.4 Å². The summed E-state index contributed by atoms with van der Waals surface area (Å²) in [5.41, 5.74) is 5.75. The van der Waals surface area contributed by atoms with Gasteiger partial charge in [0, 0.05) is 17.0 Å². The normalized spacial score (nSPS) is 11.6. The summed E-state index contributed by atoms with van der Waals surface area (Å²) in [6, 6.07) is 18.7. The molecule has 0 radical (unpaired) electrons. The molecule has 0 bridgehead atoms. The summed E-state index contributed by atoms with van der Waals surface area (Å²) in [5.74, 6) is -2.15. The highest BCUT2D eigenvalue weighted by Gasteiger charge is 2.21. The molecule has 0 saturated heterocycles. The molecular weight excluding hydrogens is 494 g/mol. The van der Waals surface area contributed by atoms with Crippen LogP contribution in [0.15, 0.2) is 83.7 Å². The molecule has 2 N–H and O–H groups in total. The average Bonchev–Trinajstić information content (AvgIpc) is 3.69. The number of aromatic amines is 2. The lowest BCUT2D eigenvalue weighted by Crippen LogP contribution is -2.01. The molecule has 7 aromatic rings. The Morgan fingerprint density at radius 1 is 0.973 bits per heavy atom. The van der Waals surface area contributed by atoms with Crippen LogP contribution in [-0.2, 0) is 0 Å². The van der Waals surface area contributed by atoms with Crippen molar-refractivity contribution in [2.75, 3.05) is 0 Å². The van der Waals surface area contributed by atoms with Gasteiger partial charge in [-0.2, -0.15) is 20.8 Å². The summed E-state index contributed by atoms with van der Waals surface area (Å²) in [5, 5.41) is 9.48. The van der Waals surface area contributed by atoms with Crippen molar-refractivity contribution in [3.63, 3.8) is 0 Å². The maximum atomic E-state index is 14.0. The average molecular weight is 511 g/mol. The molecule has 0 aliphatic rings. The van der Waals surface area contributed by atoms with Crippen LogP contribution in [0.3, 0.4) is 0 Å². The topological polar surface area (TPSA) is 75.2 Å². The Bertz CT molecular complexity index is 1970. The number of halogens is 2. The maximum absolute atomic E-state index is 14.0.